The number of nitrogens with one attached hydrogen (secondary N) is 4. The van der Waals surface area contributed by atoms with E-state index in [1.807, 2.05) is 30.3 Å². The zero-order chi connectivity index (χ0) is 33.5. The number of halogens is 5. The Balaban J connectivity index is 1.35. The Morgan fingerprint density at radius 1 is 1.00 bits per heavy atom. The number of anilines is 3. The van der Waals surface area contributed by atoms with Crippen molar-refractivity contribution in [2.75, 3.05) is 23.7 Å². The average molecular weight is 698 g/mol. The first kappa shape index (κ1) is 33.1. The number of fused-ring (bicyclic) bond motifs is 1. The predicted molar refractivity (Wildman–Crippen MR) is 184 cm³/mol. The lowest BCUT2D eigenvalue weighted by Crippen LogP contribution is -2.52. The molecule has 0 amide bonds. The van der Waals surface area contributed by atoms with Crippen LogP contribution in [-0.4, -0.2) is 39.6 Å². The van der Waals surface area contributed by atoms with Crippen molar-refractivity contribution in [2.24, 2.45) is 0 Å². The van der Waals surface area contributed by atoms with E-state index in [-0.39, 0.29) is 22.8 Å². The van der Waals surface area contributed by atoms with Gasteiger partial charge in [-0.1, -0.05) is 46.9 Å². The van der Waals surface area contributed by atoms with E-state index >= 15 is 0 Å². The van der Waals surface area contributed by atoms with Gasteiger partial charge in [-0.15, -0.1) is 5.53 Å². The quantitative estimate of drug-likeness (QED) is 0.143. The summed E-state index contributed by atoms with van der Waals surface area (Å²) in [6, 6.07) is 15.4. The maximum atomic E-state index is 14.2. The van der Waals surface area contributed by atoms with Crippen LogP contribution >= 0.6 is 34.8 Å². The van der Waals surface area contributed by atoms with Gasteiger partial charge in [0.1, 0.15) is 6.07 Å². The van der Waals surface area contributed by atoms with E-state index in [4.69, 9.17) is 34.8 Å². The largest absolute Gasteiger partial charge is 0.373 e. The van der Waals surface area contributed by atoms with E-state index in [9.17, 15) is 14.0 Å². The summed E-state index contributed by atoms with van der Waals surface area (Å²) in [5.74, 6) is -2.28. The van der Waals surface area contributed by atoms with Crippen molar-refractivity contribution in [3.05, 3.63) is 104 Å². The van der Waals surface area contributed by atoms with Crippen molar-refractivity contribution >= 4 is 62.8 Å². The van der Waals surface area contributed by atoms with Crippen molar-refractivity contribution < 1.29 is 8.78 Å². The first-order valence-electron chi connectivity index (χ1n) is 15.1. The molecule has 4 N–H and O–H groups in total. The lowest BCUT2D eigenvalue weighted by atomic mass is 9.98. The van der Waals surface area contributed by atoms with Crippen molar-refractivity contribution in [2.45, 2.75) is 51.2 Å². The molecular weight excluding hydrogens is 665 g/mol. The highest BCUT2D eigenvalue weighted by molar-refractivity contribution is 6.36. The van der Waals surface area contributed by atoms with Gasteiger partial charge < -0.3 is 16.1 Å². The third-order valence-electron chi connectivity index (χ3n) is 8.54. The van der Waals surface area contributed by atoms with Crippen LogP contribution in [0.2, 0.25) is 15.1 Å². The number of aromatic nitrogens is 1. The molecular formula is C34H33Cl3F2N8. The van der Waals surface area contributed by atoms with Crippen LogP contribution in [0.25, 0.3) is 10.9 Å². The van der Waals surface area contributed by atoms with Gasteiger partial charge in [-0.05, 0) is 69.5 Å². The van der Waals surface area contributed by atoms with Crippen molar-refractivity contribution in [3.8, 4) is 6.07 Å². The molecule has 1 saturated heterocycles. The number of benzene rings is 3. The molecule has 244 valence electrons. The average Bonchev–Trinajstić information content (AvgIpc) is 3.53. The molecule has 0 aliphatic carbocycles. The van der Waals surface area contributed by atoms with Gasteiger partial charge in [-0.3, -0.25) is 14.9 Å². The van der Waals surface area contributed by atoms with E-state index in [0.717, 1.165) is 43.3 Å². The zero-order valence-electron chi connectivity index (χ0n) is 25.9. The number of nitriles is 1. The van der Waals surface area contributed by atoms with Crippen LogP contribution < -0.4 is 21.6 Å². The maximum absolute atomic E-state index is 14.2. The Morgan fingerprint density at radius 3 is 2.36 bits per heavy atom. The predicted octanol–water partition coefficient (Wildman–Crippen LogP) is 8.67. The third kappa shape index (κ3) is 7.05. The van der Waals surface area contributed by atoms with Crippen LogP contribution in [0, 0.1) is 23.0 Å². The SMILES string of the molecule is CC(C)(C)N1CCC(N2C=C([C@@H](Nc3cc(Cl)c4ncc(C#N)c(Nc5cc(F)c(F)c(Cl)c5)c4c3)c3ccc(Cl)cc3)NN2)CC1. The number of rotatable bonds is 7. The topological polar surface area (TPSA) is 91.3 Å². The van der Waals surface area contributed by atoms with Gasteiger partial charge in [0.05, 0.1) is 38.6 Å². The van der Waals surface area contributed by atoms with Crippen molar-refractivity contribution in [1.29, 1.82) is 5.26 Å². The van der Waals surface area contributed by atoms with Crippen LogP contribution in [0.5, 0.6) is 0 Å². The molecule has 0 saturated carbocycles. The van der Waals surface area contributed by atoms with Gasteiger partial charge in [0.2, 0.25) is 0 Å². The second-order valence-electron chi connectivity index (χ2n) is 12.6. The van der Waals surface area contributed by atoms with Gasteiger partial charge in [0.25, 0.3) is 0 Å². The first-order chi connectivity index (χ1) is 22.4. The molecule has 6 rings (SSSR count). The lowest BCUT2D eigenvalue weighted by Gasteiger charge is -2.42. The van der Waals surface area contributed by atoms with E-state index in [1.165, 1.54) is 12.3 Å². The lowest BCUT2D eigenvalue weighted by molar-refractivity contribution is 0.0570. The summed E-state index contributed by atoms with van der Waals surface area (Å²) >= 11 is 18.9. The number of likely N-dealkylation sites (tertiary alicyclic amines) is 1. The molecule has 0 unspecified atom stereocenters. The Morgan fingerprint density at radius 2 is 1.70 bits per heavy atom. The fourth-order valence-electron chi connectivity index (χ4n) is 6.00. The summed E-state index contributed by atoms with van der Waals surface area (Å²) in [6.07, 6.45) is 5.49. The summed E-state index contributed by atoms with van der Waals surface area (Å²) in [4.78, 5) is 6.92. The Kier molecular flexibility index (Phi) is 9.38. The second-order valence-corrected chi connectivity index (χ2v) is 13.9. The van der Waals surface area contributed by atoms with Crippen molar-refractivity contribution in [3.63, 3.8) is 0 Å². The van der Waals surface area contributed by atoms with Crippen LogP contribution in [0.15, 0.2) is 66.6 Å². The van der Waals surface area contributed by atoms with Crippen LogP contribution in [0.4, 0.5) is 25.8 Å². The number of hydrogen-bond acceptors (Lipinski definition) is 8. The van der Waals surface area contributed by atoms with Crippen LogP contribution in [-0.2, 0) is 0 Å². The third-order valence-corrected chi connectivity index (χ3v) is 9.35. The molecule has 47 heavy (non-hydrogen) atoms. The number of piperidine rings is 1. The molecule has 0 radical (unpaired) electrons. The second kappa shape index (κ2) is 13.3. The van der Waals surface area contributed by atoms with E-state index < -0.39 is 16.7 Å². The summed E-state index contributed by atoms with van der Waals surface area (Å²) in [5, 5.41) is 19.7. The molecule has 0 bridgehead atoms. The molecule has 2 aliphatic rings. The molecule has 1 aromatic heterocycles. The number of hydrogen-bond donors (Lipinski definition) is 4. The molecule has 3 heterocycles. The number of hydrazine groups is 2. The summed E-state index contributed by atoms with van der Waals surface area (Å²) in [5.41, 5.74) is 10.4. The summed E-state index contributed by atoms with van der Waals surface area (Å²) in [6.45, 7) is 8.76. The molecule has 1 fully saturated rings. The molecule has 4 aromatic rings. The van der Waals surface area contributed by atoms with Gasteiger partial charge in [0, 0.05) is 64.9 Å². The Labute approximate surface area is 287 Å². The van der Waals surface area contributed by atoms with E-state index in [1.54, 1.807) is 6.07 Å². The van der Waals surface area contributed by atoms with Crippen LogP contribution in [0.1, 0.15) is 50.8 Å². The maximum Gasteiger partial charge on any atom is 0.177 e. The molecule has 8 nitrogen and oxygen atoms in total. The van der Waals surface area contributed by atoms with Crippen molar-refractivity contribution in [1.82, 2.24) is 25.9 Å². The molecule has 3 aromatic carbocycles. The fraction of sp³-hybridized carbons (Fsp3) is 0.294. The minimum atomic E-state index is -1.15. The smallest absolute Gasteiger partial charge is 0.177 e. The Hall–Kier alpha value is -3.85. The highest BCUT2D eigenvalue weighted by atomic mass is 35.5. The normalized spacial score (nSPS) is 16.5. The minimum Gasteiger partial charge on any atom is -0.373 e. The van der Waals surface area contributed by atoms with Gasteiger partial charge in [-0.2, -0.15) is 5.26 Å². The van der Waals surface area contributed by atoms with Crippen LogP contribution in [0.3, 0.4) is 0 Å². The number of pyridine rings is 1. The highest BCUT2D eigenvalue weighted by Crippen LogP contribution is 2.38. The van der Waals surface area contributed by atoms with E-state index in [2.05, 4.69) is 69.5 Å². The summed E-state index contributed by atoms with van der Waals surface area (Å²) in [7, 11) is 0. The fourth-order valence-corrected chi connectivity index (χ4v) is 6.60. The molecule has 0 spiro atoms. The number of nitrogens with zero attached hydrogens (tertiary/aromatic N) is 4. The monoisotopic (exact) mass is 696 g/mol. The zero-order valence-corrected chi connectivity index (χ0v) is 28.2. The molecule has 1 atom stereocenters. The van der Waals surface area contributed by atoms with Gasteiger partial charge >= 0.3 is 0 Å². The molecule has 2 aliphatic heterocycles. The van der Waals surface area contributed by atoms with Gasteiger partial charge in [0.15, 0.2) is 11.6 Å². The summed E-state index contributed by atoms with van der Waals surface area (Å²) < 4.78 is 28.1. The van der Waals surface area contributed by atoms with Gasteiger partial charge in [-0.25, -0.2) is 8.78 Å². The standard InChI is InChI=1S/C34H33Cl3F2N8/c1-34(2,3)46-10-8-24(9-11-46)47-18-29(44-45-47)32(19-4-6-21(35)7-5-19)43-22-12-25-31(20(16-40)17-41-33(25)27(37)14-22)42-23-13-26(36)30(39)28(38)15-23/h4-7,12-15,17-18,24,32,43-45H,8-11H2,1-3H3,(H,41,42)/t32-/m0/s1. The van der Waals surface area contributed by atoms with E-state index in [0.29, 0.717) is 38.4 Å². The molecule has 13 heteroatoms. The Bertz CT molecular complexity index is 1860. The minimum absolute atomic E-state index is 0.133. The highest BCUT2D eigenvalue weighted by Gasteiger charge is 2.32. The first-order valence-corrected chi connectivity index (χ1v) is 16.3.